The molecule has 0 saturated heterocycles. The Balaban J connectivity index is 1.32. The molecule has 2 N–H and O–H groups in total. The van der Waals surface area contributed by atoms with Crippen molar-refractivity contribution in [2.24, 2.45) is 0 Å². The molecule has 0 saturated carbocycles. The second-order valence-electron chi connectivity index (χ2n) is 6.88. The first-order valence-corrected chi connectivity index (χ1v) is 9.59. The Labute approximate surface area is 169 Å². The summed E-state index contributed by atoms with van der Waals surface area (Å²) in [5, 5.41) is 5.74. The summed E-state index contributed by atoms with van der Waals surface area (Å²) < 4.78 is 13.4. The van der Waals surface area contributed by atoms with Crippen LogP contribution >= 0.6 is 0 Å². The third-order valence-corrected chi connectivity index (χ3v) is 4.88. The van der Waals surface area contributed by atoms with Crippen LogP contribution in [0.25, 0.3) is 11.3 Å². The number of nitrogens with one attached hydrogen (secondary N) is 2. The van der Waals surface area contributed by atoms with Crippen LogP contribution in [0.15, 0.2) is 60.8 Å². The van der Waals surface area contributed by atoms with Crippen LogP contribution in [0.3, 0.4) is 0 Å². The molecule has 4 rings (SSSR count). The van der Waals surface area contributed by atoms with Crippen molar-refractivity contribution in [1.82, 2.24) is 20.2 Å². The zero-order valence-corrected chi connectivity index (χ0v) is 16.3. The smallest absolute Gasteiger partial charge is 0.315 e. The van der Waals surface area contributed by atoms with E-state index >= 15 is 0 Å². The van der Waals surface area contributed by atoms with Crippen molar-refractivity contribution in [2.45, 2.75) is 25.8 Å². The maximum absolute atomic E-state index is 12.1. The van der Waals surface area contributed by atoms with Gasteiger partial charge in [0, 0.05) is 24.8 Å². The molecule has 29 heavy (non-hydrogen) atoms. The number of carbonyl (C=O) groups is 1. The van der Waals surface area contributed by atoms with Crippen molar-refractivity contribution in [3.05, 3.63) is 72.2 Å². The molecule has 3 aromatic rings. The first-order valence-electron chi connectivity index (χ1n) is 9.59. The normalized spacial score (nSPS) is 15.4. The molecule has 0 fully saturated rings. The van der Waals surface area contributed by atoms with Crippen LogP contribution in [0.5, 0.6) is 5.75 Å². The molecule has 1 aromatic heterocycles. The molecule has 0 bridgehead atoms. The summed E-state index contributed by atoms with van der Waals surface area (Å²) in [6.45, 7) is 1.97. The molecule has 7 nitrogen and oxygen atoms in total. The van der Waals surface area contributed by atoms with E-state index in [2.05, 4.69) is 20.2 Å². The van der Waals surface area contributed by atoms with E-state index in [0.29, 0.717) is 26.2 Å². The third kappa shape index (κ3) is 4.57. The summed E-state index contributed by atoms with van der Waals surface area (Å²) in [4.78, 5) is 16.7. The van der Waals surface area contributed by atoms with E-state index in [4.69, 9.17) is 9.47 Å². The summed E-state index contributed by atoms with van der Waals surface area (Å²) in [5.41, 5.74) is 2.87. The molecule has 1 aliphatic rings. The van der Waals surface area contributed by atoms with Gasteiger partial charge in [-0.3, -0.25) is 0 Å². The standard InChI is InChI=1S/C22H24N4O3/c1-28-20-10-6-5-9-18(20)19-14-26-13-17(29-15-21(26)25-19)12-24-22(27)23-11-16-7-3-2-4-8-16/h2-10,14,17H,11-13,15H2,1H3,(H2,23,24,27)/t17-/m0/s1. The number of hydrogen-bond donors (Lipinski definition) is 2. The molecule has 0 aliphatic carbocycles. The zero-order chi connectivity index (χ0) is 20.1. The molecular weight excluding hydrogens is 368 g/mol. The number of benzene rings is 2. The molecule has 2 amide bonds. The van der Waals surface area contributed by atoms with Gasteiger partial charge in [0.15, 0.2) is 0 Å². The van der Waals surface area contributed by atoms with Crippen LogP contribution < -0.4 is 15.4 Å². The van der Waals surface area contributed by atoms with Gasteiger partial charge in [0.25, 0.3) is 0 Å². The number of aromatic nitrogens is 2. The van der Waals surface area contributed by atoms with Crippen LogP contribution in [-0.2, 0) is 24.4 Å². The summed E-state index contributed by atoms with van der Waals surface area (Å²) in [6.07, 6.45) is 1.91. The van der Waals surface area contributed by atoms with E-state index in [1.54, 1.807) is 7.11 Å². The molecule has 2 heterocycles. The number of hydrogen-bond acceptors (Lipinski definition) is 4. The van der Waals surface area contributed by atoms with Gasteiger partial charge in [-0.1, -0.05) is 42.5 Å². The summed E-state index contributed by atoms with van der Waals surface area (Å²) in [6, 6.07) is 17.4. The molecule has 7 heteroatoms. The Bertz CT molecular complexity index is 971. The molecule has 0 unspecified atom stereocenters. The number of rotatable bonds is 6. The SMILES string of the molecule is COc1ccccc1-c1cn2c(n1)CO[C@@H](CNC(=O)NCc1ccccc1)C2. The van der Waals surface area contributed by atoms with Gasteiger partial charge in [-0.15, -0.1) is 0 Å². The Hall–Kier alpha value is -3.32. The average molecular weight is 392 g/mol. The van der Waals surface area contributed by atoms with Gasteiger partial charge in [-0.25, -0.2) is 9.78 Å². The van der Waals surface area contributed by atoms with Crippen molar-refractivity contribution < 1.29 is 14.3 Å². The molecule has 0 radical (unpaired) electrons. The van der Waals surface area contributed by atoms with E-state index in [1.165, 1.54) is 0 Å². The number of imidazole rings is 1. The van der Waals surface area contributed by atoms with Gasteiger partial charge in [0.1, 0.15) is 18.2 Å². The second-order valence-corrected chi connectivity index (χ2v) is 6.88. The first kappa shape index (κ1) is 19.0. The minimum absolute atomic E-state index is 0.107. The average Bonchev–Trinajstić information content (AvgIpc) is 3.20. The lowest BCUT2D eigenvalue weighted by atomic mass is 10.1. The van der Waals surface area contributed by atoms with Crippen LogP contribution in [0.2, 0.25) is 0 Å². The van der Waals surface area contributed by atoms with Gasteiger partial charge in [-0.2, -0.15) is 0 Å². The van der Waals surface area contributed by atoms with Gasteiger partial charge < -0.3 is 24.7 Å². The molecular formula is C22H24N4O3. The minimum Gasteiger partial charge on any atom is -0.496 e. The maximum Gasteiger partial charge on any atom is 0.315 e. The van der Waals surface area contributed by atoms with E-state index < -0.39 is 0 Å². The summed E-state index contributed by atoms with van der Waals surface area (Å²) in [5.74, 6) is 1.66. The van der Waals surface area contributed by atoms with Crippen LogP contribution in [-0.4, -0.2) is 35.3 Å². The minimum atomic E-state index is -0.205. The van der Waals surface area contributed by atoms with Gasteiger partial charge in [0.05, 0.1) is 25.5 Å². The number of methoxy groups -OCH3 is 1. The topological polar surface area (TPSA) is 77.4 Å². The predicted octanol–water partition coefficient (Wildman–Crippen LogP) is 2.96. The fourth-order valence-electron chi connectivity index (χ4n) is 3.35. The van der Waals surface area contributed by atoms with Gasteiger partial charge >= 0.3 is 6.03 Å². The van der Waals surface area contributed by atoms with E-state index in [9.17, 15) is 4.79 Å². The van der Waals surface area contributed by atoms with E-state index in [0.717, 1.165) is 28.4 Å². The Morgan fingerprint density at radius 3 is 2.79 bits per heavy atom. The van der Waals surface area contributed by atoms with E-state index in [1.807, 2.05) is 60.8 Å². The number of para-hydroxylation sites is 1. The quantitative estimate of drug-likeness (QED) is 0.676. The van der Waals surface area contributed by atoms with Crippen molar-refractivity contribution in [3.8, 4) is 17.0 Å². The van der Waals surface area contributed by atoms with Gasteiger partial charge in [-0.05, 0) is 17.7 Å². The van der Waals surface area contributed by atoms with Crippen molar-refractivity contribution in [1.29, 1.82) is 0 Å². The lowest BCUT2D eigenvalue weighted by Gasteiger charge is -2.24. The predicted molar refractivity (Wildman–Crippen MR) is 109 cm³/mol. The monoisotopic (exact) mass is 392 g/mol. The Morgan fingerprint density at radius 1 is 1.17 bits per heavy atom. The maximum atomic E-state index is 12.1. The highest BCUT2D eigenvalue weighted by molar-refractivity contribution is 5.73. The highest BCUT2D eigenvalue weighted by Crippen LogP contribution is 2.30. The molecule has 1 atom stereocenters. The molecule has 0 spiro atoms. The lowest BCUT2D eigenvalue weighted by molar-refractivity contribution is 0.00444. The summed E-state index contributed by atoms with van der Waals surface area (Å²) >= 11 is 0. The Kier molecular flexibility index (Phi) is 5.76. The molecule has 1 aliphatic heterocycles. The fourth-order valence-corrected chi connectivity index (χ4v) is 3.35. The first-order chi connectivity index (χ1) is 14.2. The second kappa shape index (κ2) is 8.79. The van der Waals surface area contributed by atoms with Crippen LogP contribution in [0.4, 0.5) is 4.79 Å². The number of amides is 2. The third-order valence-electron chi connectivity index (χ3n) is 4.88. The highest BCUT2D eigenvalue weighted by Gasteiger charge is 2.22. The highest BCUT2D eigenvalue weighted by atomic mass is 16.5. The van der Waals surface area contributed by atoms with E-state index in [-0.39, 0.29) is 12.1 Å². The lowest BCUT2D eigenvalue weighted by Crippen LogP contribution is -2.42. The number of fused-ring (bicyclic) bond motifs is 1. The molecule has 2 aromatic carbocycles. The number of nitrogens with zero attached hydrogens (tertiary/aromatic N) is 2. The number of urea groups is 1. The van der Waals surface area contributed by atoms with Gasteiger partial charge in [0.2, 0.25) is 0 Å². The van der Waals surface area contributed by atoms with Crippen molar-refractivity contribution in [3.63, 3.8) is 0 Å². The summed E-state index contributed by atoms with van der Waals surface area (Å²) in [7, 11) is 1.66. The number of carbonyl (C=O) groups excluding carboxylic acids is 1. The Morgan fingerprint density at radius 2 is 1.97 bits per heavy atom. The zero-order valence-electron chi connectivity index (χ0n) is 16.3. The van der Waals surface area contributed by atoms with Crippen LogP contribution in [0, 0.1) is 0 Å². The van der Waals surface area contributed by atoms with Crippen LogP contribution in [0.1, 0.15) is 11.4 Å². The van der Waals surface area contributed by atoms with Crippen molar-refractivity contribution >= 4 is 6.03 Å². The molecule has 150 valence electrons. The fraction of sp³-hybridized carbons (Fsp3) is 0.273. The largest absolute Gasteiger partial charge is 0.496 e. The number of ether oxygens (including phenoxy) is 2. The van der Waals surface area contributed by atoms with Crippen molar-refractivity contribution in [2.75, 3.05) is 13.7 Å².